The minimum atomic E-state index is 0.526. The van der Waals surface area contributed by atoms with Crippen molar-refractivity contribution >= 4 is 0 Å². The summed E-state index contributed by atoms with van der Waals surface area (Å²) in [5.41, 5.74) is 6.04. The molecule has 0 aromatic carbocycles. The first kappa shape index (κ1) is 8.55. The first-order chi connectivity index (χ1) is 5.86. The highest BCUT2D eigenvalue weighted by atomic mass is 14.6. The van der Waals surface area contributed by atoms with Crippen LogP contribution >= 0.6 is 0 Å². The van der Waals surface area contributed by atoms with Gasteiger partial charge in [-0.15, -0.1) is 0 Å². The molecule has 12 heavy (non-hydrogen) atoms. The van der Waals surface area contributed by atoms with Gasteiger partial charge < -0.3 is 5.73 Å². The third-order valence-corrected chi connectivity index (χ3v) is 3.82. The van der Waals surface area contributed by atoms with Crippen LogP contribution in [0.3, 0.4) is 0 Å². The van der Waals surface area contributed by atoms with Gasteiger partial charge in [0.05, 0.1) is 0 Å². The van der Waals surface area contributed by atoms with Crippen molar-refractivity contribution in [3.63, 3.8) is 0 Å². The maximum Gasteiger partial charge on any atom is 0.00415 e. The summed E-state index contributed by atoms with van der Waals surface area (Å²) in [5, 5.41) is 0. The molecular weight excluding hydrogens is 146 g/mol. The molecule has 2 atom stereocenters. The Morgan fingerprint density at radius 3 is 2.08 bits per heavy atom. The van der Waals surface area contributed by atoms with Gasteiger partial charge in [-0.2, -0.15) is 0 Å². The number of hydrogen-bond donors (Lipinski definition) is 1. The van der Waals surface area contributed by atoms with E-state index in [1.165, 1.54) is 51.4 Å². The number of rotatable bonds is 1. The molecule has 0 amide bonds. The Balaban J connectivity index is 1.85. The Bertz CT molecular complexity index is 140. The second kappa shape index (κ2) is 3.78. The molecule has 2 fully saturated rings. The highest BCUT2D eigenvalue weighted by molar-refractivity contribution is 4.82. The zero-order valence-electron chi connectivity index (χ0n) is 7.97. The normalized spacial score (nSPS) is 38.8. The van der Waals surface area contributed by atoms with Crippen molar-refractivity contribution in [2.24, 2.45) is 17.6 Å². The molecule has 0 aromatic rings. The maximum atomic E-state index is 6.04. The Morgan fingerprint density at radius 2 is 1.42 bits per heavy atom. The van der Waals surface area contributed by atoms with E-state index in [1.807, 2.05) is 0 Å². The van der Waals surface area contributed by atoms with Crippen molar-refractivity contribution in [2.45, 2.75) is 57.4 Å². The van der Waals surface area contributed by atoms with Gasteiger partial charge in [-0.3, -0.25) is 0 Å². The smallest absolute Gasteiger partial charge is 0.00415 e. The van der Waals surface area contributed by atoms with Gasteiger partial charge in [-0.1, -0.05) is 38.5 Å². The predicted octanol–water partition coefficient (Wildman–Crippen LogP) is 2.69. The quantitative estimate of drug-likeness (QED) is 0.597. The lowest BCUT2D eigenvalue weighted by Crippen LogP contribution is -2.28. The summed E-state index contributed by atoms with van der Waals surface area (Å²) >= 11 is 0. The van der Waals surface area contributed by atoms with Gasteiger partial charge in [0.2, 0.25) is 0 Å². The molecule has 70 valence electrons. The van der Waals surface area contributed by atoms with Gasteiger partial charge in [0.25, 0.3) is 0 Å². The van der Waals surface area contributed by atoms with Crippen LogP contribution in [0.15, 0.2) is 0 Å². The molecule has 2 aliphatic rings. The molecule has 0 aliphatic heterocycles. The fourth-order valence-electron chi connectivity index (χ4n) is 2.78. The average Bonchev–Trinajstić information content (AvgIpc) is 2.10. The Morgan fingerprint density at radius 1 is 0.750 bits per heavy atom. The van der Waals surface area contributed by atoms with Crippen molar-refractivity contribution in [2.75, 3.05) is 0 Å². The molecule has 0 saturated heterocycles. The molecule has 2 saturated carbocycles. The zero-order chi connectivity index (χ0) is 8.39. The minimum Gasteiger partial charge on any atom is -0.328 e. The van der Waals surface area contributed by atoms with Gasteiger partial charge in [-0.25, -0.2) is 0 Å². The minimum absolute atomic E-state index is 0.526. The lowest BCUT2D eigenvalue weighted by molar-refractivity contribution is 0.183. The highest BCUT2D eigenvalue weighted by Crippen LogP contribution is 2.39. The summed E-state index contributed by atoms with van der Waals surface area (Å²) in [6, 6.07) is 0.526. The topological polar surface area (TPSA) is 26.0 Å². The molecule has 0 heterocycles. The van der Waals surface area contributed by atoms with E-state index in [0.29, 0.717) is 6.04 Å². The highest BCUT2D eigenvalue weighted by Gasteiger charge is 2.29. The van der Waals surface area contributed by atoms with Crippen LogP contribution < -0.4 is 5.73 Å². The molecule has 2 aliphatic carbocycles. The lowest BCUT2D eigenvalue weighted by Gasteiger charge is -2.34. The lowest BCUT2D eigenvalue weighted by atomic mass is 9.72. The Labute approximate surface area is 75.7 Å². The number of hydrogen-bond acceptors (Lipinski definition) is 1. The third-order valence-electron chi connectivity index (χ3n) is 3.82. The fraction of sp³-hybridized carbons (Fsp3) is 1.00. The molecule has 1 heteroatoms. The van der Waals surface area contributed by atoms with E-state index in [0.717, 1.165) is 11.8 Å². The summed E-state index contributed by atoms with van der Waals surface area (Å²) in [6.07, 6.45) is 11.4. The van der Waals surface area contributed by atoms with Gasteiger partial charge in [0, 0.05) is 6.04 Å². The molecule has 2 rings (SSSR count). The second-order valence-electron chi connectivity index (χ2n) is 4.73. The van der Waals surface area contributed by atoms with Crippen LogP contribution in [-0.2, 0) is 0 Å². The zero-order valence-corrected chi connectivity index (χ0v) is 7.97. The van der Waals surface area contributed by atoms with Crippen LogP contribution in [0.1, 0.15) is 51.4 Å². The Kier molecular flexibility index (Phi) is 2.69. The molecule has 0 aromatic heterocycles. The van der Waals surface area contributed by atoms with Crippen LogP contribution in [0, 0.1) is 11.8 Å². The van der Waals surface area contributed by atoms with Crippen molar-refractivity contribution in [1.29, 1.82) is 0 Å². The molecular formula is C11H21N. The van der Waals surface area contributed by atoms with E-state index >= 15 is 0 Å². The van der Waals surface area contributed by atoms with E-state index in [4.69, 9.17) is 5.73 Å². The van der Waals surface area contributed by atoms with Crippen molar-refractivity contribution in [3.8, 4) is 0 Å². The predicted molar refractivity (Wildman–Crippen MR) is 51.9 cm³/mol. The van der Waals surface area contributed by atoms with Crippen LogP contribution in [0.2, 0.25) is 0 Å². The first-order valence-corrected chi connectivity index (χ1v) is 5.62. The Hall–Kier alpha value is -0.0400. The van der Waals surface area contributed by atoms with E-state index in [9.17, 15) is 0 Å². The molecule has 1 nitrogen and oxygen atoms in total. The monoisotopic (exact) mass is 167 g/mol. The SMILES string of the molecule is NC1CCCCC(C2CCC2)C1. The van der Waals surface area contributed by atoms with E-state index in [1.54, 1.807) is 0 Å². The molecule has 2 unspecified atom stereocenters. The second-order valence-corrected chi connectivity index (χ2v) is 4.73. The van der Waals surface area contributed by atoms with E-state index < -0.39 is 0 Å². The summed E-state index contributed by atoms with van der Waals surface area (Å²) in [4.78, 5) is 0. The van der Waals surface area contributed by atoms with Crippen LogP contribution in [0.4, 0.5) is 0 Å². The third kappa shape index (κ3) is 1.82. The van der Waals surface area contributed by atoms with Gasteiger partial charge >= 0.3 is 0 Å². The average molecular weight is 167 g/mol. The summed E-state index contributed by atoms with van der Waals surface area (Å²) in [5.74, 6) is 2.06. The number of nitrogens with two attached hydrogens (primary N) is 1. The van der Waals surface area contributed by atoms with Gasteiger partial charge in [0.1, 0.15) is 0 Å². The van der Waals surface area contributed by atoms with Crippen LogP contribution in [-0.4, -0.2) is 6.04 Å². The summed E-state index contributed by atoms with van der Waals surface area (Å²) < 4.78 is 0. The van der Waals surface area contributed by atoms with E-state index in [2.05, 4.69) is 0 Å². The van der Waals surface area contributed by atoms with Gasteiger partial charge in [0.15, 0.2) is 0 Å². The molecule has 2 N–H and O–H groups in total. The van der Waals surface area contributed by atoms with Crippen molar-refractivity contribution in [3.05, 3.63) is 0 Å². The fourth-order valence-corrected chi connectivity index (χ4v) is 2.78. The standard InChI is InChI=1S/C11H21N/c12-11-7-2-1-4-10(8-11)9-5-3-6-9/h9-11H,1-8,12H2. The van der Waals surface area contributed by atoms with Crippen LogP contribution in [0.5, 0.6) is 0 Å². The molecule has 0 radical (unpaired) electrons. The van der Waals surface area contributed by atoms with Crippen molar-refractivity contribution in [1.82, 2.24) is 0 Å². The molecule has 0 spiro atoms. The van der Waals surface area contributed by atoms with Crippen LogP contribution in [0.25, 0.3) is 0 Å². The summed E-state index contributed by atoms with van der Waals surface area (Å²) in [7, 11) is 0. The van der Waals surface area contributed by atoms with E-state index in [-0.39, 0.29) is 0 Å². The first-order valence-electron chi connectivity index (χ1n) is 5.62. The van der Waals surface area contributed by atoms with Gasteiger partial charge in [-0.05, 0) is 24.7 Å². The molecule has 0 bridgehead atoms. The van der Waals surface area contributed by atoms with Crippen molar-refractivity contribution < 1.29 is 0 Å². The maximum absolute atomic E-state index is 6.04. The summed E-state index contributed by atoms with van der Waals surface area (Å²) in [6.45, 7) is 0. The largest absolute Gasteiger partial charge is 0.328 e.